The molecule has 0 saturated heterocycles. The van der Waals surface area contributed by atoms with Crippen molar-refractivity contribution in [1.29, 1.82) is 0 Å². The van der Waals surface area contributed by atoms with Gasteiger partial charge >= 0.3 is 0 Å². The van der Waals surface area contributed by atoms with Gasteiger partial charge < -0.3 is 4.90 Å². The van der Waals surface area contributed by atoms with Gasteiger partial charge in [-0.05, 0) is 55.6 Å². The van der Waals surface area contributed by atoms with Gasteiger partial charge in [0.05, 0.1) is 15.1 Å². The lowest BCUT2D eigenvalue weighted by molar-refractivity contribution is -0.118. The number of likely N-dealkylation sites (N-methyl/N-ethyl adjacent to an activating group) is 1. The highest BCUT2D eigenvalue weighted by molar-refractivity contribution is 7.99. The van der Waals surface area contributed by atoms with Crippen LogP contribution >= 0.6 is 23.1 Å². The maximum atomic E-state index is 13.2. The zero-order valence-electron chi connectivity index (χ0n) is 19.0. The second-order valence-corrected chi connectivity index (χ2v) is 11.7. The molecule has 0 N–H and O–H groups in total. The van der Waals surface area contributed by atoms with Crippen molar-refractivity contribution in [3.63, 3.8) is 0 Å². The summed E-state index contributed by atoms with van der Waals surface area (Å²) in [6.07, 6.45) is 1.49. The highest BCUT2D eigenvalue weighted by atomic mass is 32.2. The van der Waals surface area contributed by atoms with E-state index in [1.165, 1.54) is 41.5 Å². The number of nitrogens with zero attached hydrogens (tertiary/aromatic N) is 3. The van der Waals surface area contributed by atoms with Gasteiger partial charge in [-0.15, -0.1) is 11.8 Å². The Bertz CT molecular complexity index is 1190. The molecule has 3 aromatic rings. The highest BCUT2D eigenvalue weighted by Crippen LogP contribution is 2.31. The average Bonchev–Trinajstić information content (AvgIpc) is 3.20. The van der Waals surface area contributed by atoms with Crippen LogP contribution in [0.5, 0.6) is 0 Å². The fourth-order valence-corrected chi connectivity index (χ4v) is 5.88. The molecule has 0 spiro atoms. The minimum absolute atomic E-state index is 0.0424. The number of thioether (sulfide) groups is 1. The number of carbonyl (C=O) groups excluding carboxylic acids is 1. The summed E-state index contributed by atoms with van der Waals surface area (Å²) < 4.78 is 37.7. The molecule has 0 fully saturated rings. The SMILES string of the molecule is CCN(CC)CCN(C(=O)CCSc1ccc(F)cc1)c1nc2ccc(S(C)(=O)=O)cc2s1. The van der Waals surface area contributed by atoms with Crippen molar-refractivity contribution in [1.82, 2.24) is 9.88 Å². The Morgan fingerprint density at radius 2 is 1.79 bits per heavy atom. The predicted molar refractivity (Wildman–Crippen MR) is 135 cm³/mol. The van der Waals surface area contributed by atoms with E-state index in [1.54, 1.807) is 35.2 Å². The third kappa shape index (κ3) is 6.99. The number of sulfone groups is 1. The van der Waals surface area contributed by atoms with E-state index in [-0.39, 0.29) is 16.6 Å². The molecule has 0 unspecified atom stereocenters. The summed E-state index contributed by atoms with van der Waals surface area (Å²) in [5.74, 6) is 0.238. The van der Waals surface area contributed by atoms with E-state index in [0.29, 0.717) is 35.9 Å². The minimum Gasteiger partial charge on any atom is -0.302 e. The molecule has 0 bridgehead atoms. The van der Waals surface area contributed by atoms with Gasteiger partial charge in [-0.3, -0.25) is 9.69 Å². The van der Waals surface area contributed by atoms with Crippen molar-refractivity contribution in [3.05, 3.63) is 48.3 Å². The second kappa shape index (κ2) is 11.4. The molecule has 6 nitrogen and oxygen atoms in total. The molecule has 33 heavy (non-hydrogen) atoms. The quantitative estimate of drug-likeness (QED) is 0.349. The molecule has 2 aromatic carbocycles. The van der Waals surface area contributed by atoms with E-state index in [2.05, 4.69) is 23.7 Å². The summed E-state index contributed by atoms with van der Waals surface area (Å²) in [5, 5.41) is 0.569. The zero-order valence-corrected chi connectivity index (χ0v) is 21.4. The molecule has 0 aliphatic heterocycles. The molecule has 3 rings (SSSR count). The first-order valence-electron chi connectivity index (χ1n) is 10.7. The molecule has 1 amide bonds. The second-order valence-electron chi connectivity index (χ2n) is 7.52. The van der Waals surface area contributed by atoms with Crippen LogP contribution in [0, 0.1) is 5.82 Å². The number of amides is 1. The summed E-state index contributed by atoms with van der Waals surface area (Å²) in [6.45, 7) is 7.15. The van der Waals surface area contributed by atoms with E-state index in [9.17, 15) is 17.6 Å². The number of rotatable bonds is 11. The molecule has 0 aliphatic rings. The Hall–Kier alpha value is -2.01. The first-order chi connectivity index (χ1) is 15.7. The monoisotopic (exact) mass is 509 g/mol. The Labute approximate surface area is 202 Å². The van der Waals surface area contributed by atoms with E-state index >= 15 is 0 Å². The van der Waals surface area contributed by atoms with Gasteiger partial charge in [-0.1, -0.05) is 25.2 Å². The van der Waals surface area contributed by atoms with Crippen LogP contribution in [0.25, 0.3) is 10.2 Å². The first-order valence-corrected chi connectivity index (χ1v) is 14.4. The summed E-state index contributed by atoms with van der Waals surface area (Å²) >= 11 is 2.83. The third-order valence-electron chi connectivity index (χ3n) is 5.24. The Morgan fingerprint density at radius 3 is 2.42 bits per heavy atom. The van der Waals surface area contributed by atoms with Gasteiger partial charge in [-0.25, -0.2) is 17.8 Å². The third-order valence-corrected chi connectivity index (χ3v) is 8.41. The van der Waals surface area contributed by atoms with Crippen LogP contribution in [0.1, 0.15) is 20.3 Å². The lowest BCUT2D eigenvalue weighted by atomic mass is 10.3. The summed E-state index contributed by atoms with van der Waals surface area (Å²) in [4.78, 5) is 22.9. The van der Waals surface area contributed by atoms with Crippen molar-refractivity contribution < 1.29 is 17.6 Å². The van der Waals surface area contributed by atoms with Crippen LogP contribution in [-0.4, -0.2) is 62.4 Å². The van der Waals surface area contributed by atoms with Crippen molar-refractivity contribution >= 4 is 54.2 Å². The van der Waals surface area contributed by atoms with Crippen LogP contribution in [0.3, 0.4) is 0 Å². The van der Waals surface area contributed by atoms with Crippen LogP contribution in [-0.2, 0) is 14.6 Å². The molecule has 0 radical (unpaired) electrons. The van der Waals surface area contributed by atoms with E-state index < -0.39 is 9.84 Å². The molecule has 0 atom stereocenters. The predicted octanol–water partition coefficient (Wildman–Crippen LogP) is 4.70. The Kier molecular flexibility index (Phi) is 8.86. The van der Waals surface area contributed by atoms with E-state index in [0.717, 1.165) is 22.7 Å². The van der Waals surface area contributed by atoms with E-state index in [1.807, 2.05) is 0 Å². The smallest absolute Gasteiger partial charge is 0.229 e. The fourth-order valence-electron chi connectivity index (χ4n) is 3.27. The lowest BCUT2D eigenvalue weighted by Gasteiger charge is -2.24. The van der Waals surface area contributed by atoms with E-state index in [4.69, 9.17) is 0 Å². The number of thiazole rings is 1. The number of hydrogen-bond acceptors (Lipinski definition) is 7. The first kappa shape index (κ1) is 25.6. The fraction of sp³-hybridized carbons (Fsp3) is 0.391. The highest BCUT2D eigenvalue weighted by Gasteiger charge is 2.21. The molecule has 0 saturated carbocycles. The number of halogens is 1. The minimum atomic E-state index is -3.33. The molecule has 10 heteroatoms. The van der Waals surface area contributed by atoms with Crippen LogP contribution in [0.2, 0.25) is 0 Å². The summed E-state index contributed by atoms with van der Waals surface area (Å²) in [7, 11) is -3.33. The normalized spacial score (nSPS) is 11.9. The number of anilines is 1. The zero-order chi connectivity index (χ0) is 24.0. The molecule has 0 aliphatic carbocycles. The van der Waals surface area contributed by atoms with Gasteiger partial charge in [-0.2, -0.15) is 0 Å². The lowest BCUT2D eigenvalue weighted by Crippen LogP contribution is -2.39. The molecule has 1 heterocycles. The van der Waals surface area contributed by atoms with Crippen LogP contribution in [0.4, 0.5) is 9.52 Å². The largest absolute Gasteiger partial charge is 0.302 e. The molecular weight excluding hydrogens is 481 g/mol. The molecular formula is C23H28FN3O3S3. The number of benzene rings is 2. The summed E-state index contributed by atoms with van der Waals surface area (Å²) in [5.41, 5.74) is 0.670. The van der Waals surface area contributed by atoms with Gasteiger partial charge in [0.25, 0.3) is 0 Å². The summed E-state index contributed by atoms with van der Waals surface area (Å²) in [6, 6.07) is 11.1. The average molecular weight is 510 g/mol. The molecule has 178 valence electrons. The van der Waals surface area contributed by atoms with Gasteiger partial charge in [0.15, 0.2) is 15.0 Å². The van der Waals surface area contributed by atoms with Crippen molar-refractivity contribution in [2.24, 2.45) is 0 Å². The topological polar surface area (TPSA) is 70.6 Å². The number of carbonyl (C=O) groups is 1. The Morgan fingerprint density at radius 1 is 1.09 bits per heavy atom. The van der Waals surface area contributed by atoms with Gasteiger partial charge in [0, 0.05) is 36.4 Å². The Balaban J connectivity index is 1.79. The maximum absolute atomic E-state index is 13.2. The van der Waals surface area contributed by atoms with Crippen molar-refractivity contribution in [2.45, 2.75) is 30.1 Å². The van der Waals surface area contributed by atoms with Crippen LogP contribution in [0.15, 0.2) is 52.3 Å². The van der Waals surface area contributed by atoms with Crippen molar-refractivity contribution in [3.8, 4) is 0 Å². The van der Waals surface area contributed by atoms with Gasteiger partial charge in [0.2, 0.25) is 5.91 Å². The number of fused-ring (bicyclic) bond motifs is 1. The maximum Gasteiger partial charge on any atom is 0.229 e. The standard InChI is InChI=1S/C23H28FN3O3S3/c1-4-26(5-2)13-14-27(22(28)12-15-31-18-8-6-17(24)7-9-18)23-25-20-11-10-19(33(3,29)30)16-21(20)32-23/h6-11,16H,4-5,12-15H2,1-3H3. The van der Waals surface area contributed by atoms with Crippen molar-refractivity contribution in [2.75, 3.05) is 43.1 Å². The van der Waals surface area contributed by atoms with Gasteiger partial charge in [0.1, 0.15) is 5.82 Å². The number of hydrogen-bond donors (Lipinski definition) is 0. The van der Waals surface area contributed by atoms with Crippen LogP contribution < -0.4 is 4.90 Å². The molecule has 1 aromatic heterocycles. The number of aromatic nitrogens is 1.